The van der Waals surface area contributed by atoms with E-state index in [1.54, 1.807) is 13.3 Å². The first-order valence-corrected chi connectivity index (χ1v) is 15.6. The average Bonchev–Trinajstić information content (AvgIpc) is 3.04. The fourth-order valence-corrected chi connectivity index (χ4v) is 5.76. The van der Waals surface area contributed by atoms with E-state index in [2.05, 4.69) is 50.9 Å². The lowest BCUT2D eigenvalue weighted by Gasteiger charge is -2.41. The van der Waals surface area contributed by atoms with Gasteiger partial charge in [-0.25, -0.2) is 15.0 Å². The van der Waals surface area contributed by atoms with E-state index < -0.39 is 0 Å². The number of carbonyl (C=O) groups is 1. The summed E-state index contributed by atoms with van der Waals surface area (Å²) >= 11 is 0. The Balaban J connectivity index is 1.48. The Morgan fingerprint density at radius 2 is 1.84 bits per heavy atom. The molecule has 8 rings (SSSR count). The smallest absolute Gasteiger partial charge is 0.236 e. The van der Waals surface area contributed by atoms with Gasteiger partial charge in [0.05, 0.1) is 18.8 Å². The maximum Gasteiger partial charge on any atom is 0.236 e. The van der Waals surface area contributed by atoms with Crippen LogP contribution in [0.2, 0.25) is 0 Å². The number of rotatable bonds is 6. The van der Waals surface area contributed by atoms with E-state index in [-0.39, 0.29) is 11.9 Å². The molecule has 0 aliphatic carbocycles. The molecule has 1 fully saturated rings. The third kappa shape index (κ3) is 8.09. The number of benzene rings is 1. The second-order valence-corrected chi connectivity index (χ2v) is 11.7. The molecule has 2 aromatic heterocycles. The minimum absolute atomic E-state index is 0.152. The van der Waals surface area contributed by atoms with Gasteiger partial charge >= 0.3 is 0 Å². The molecule has 11 nitrogen and oxygen atoms in total. The van der Waals surface area contributed by atoms with Crippen LogP contribution in [0, 0.1) is 0 Å². The number of nitrogens with zero attached hydrogens (tertiary/aromatic N) is 8. The van der Waals surface area contributed by atoms with Gasteiger partial charge in [-0.1, -0.05) is 19.1 Å². The van der Waals surface area contributed by atoms with E-state index in [1.807, 2.05) is 48.3 Å². The number of pyridine rings is 1. The summed E-state index contributed by atoms with van der Waals surface area (Å²) in [7, 11) is 5.68. The van der Waals surface area contributed by atoms with Gasteiger partial charge in [0.2, 0.25) is 11.9 Å². The van der Waals surface area contributed by atoms with Crippen LogP contribution in [0.1, 0.15) is 25.3 Å². The van der Waals surface area contributed by atoms with Gasteiger partial charge < -0.3 is 19.3 Å². The molecule has 3 unspecified atom stereocenters. The zero-order valence-electron chi connectivity index (χ0n) is 26.6. The second kappa shape index (κ2) is 15.4. The highest BCUT2D eigenvalue weighted by Crippen LogP contribution is 2.27. The number of amides is 1. The third-order valence-electron chi connectivity index (χ3n) is 8.32. The second-order valence-electron chi connectivity index (χ2n) is 11.7. The van der Waals surface area contributed by atoms with Crippen LogP contribution in [0.15, 0.2) is 54.9 Å². The molecule has 0 spiro atoms. The van der Waals surface area contributed by atoms with Crippen molar-refractivity contribution in [2.45, 2.75) is 32.4 Å². The Morgan fingerprint density at radius 3 is 2.64 bits per heavy atom. The number of anilines is 3. The van der Waals surface area contributed by atoms with Gasteiger partial charge in [-0.3, -0.25) is 19.5 Å². The minimum atomic E-state index is 0.152. The Labute approximate surface area is 261 Å². The summed E-state index contributed by atoms with van der Waals surface area (Å²) in [6.45, 7) is 8.87. The van der Waals surface area contributed by atoms with Crippen LogP contribution in [0.5, 0.6) is 0 Å². The van der Waals surface area contributed by atoms with Crippen molar-refractivity contribution in [1.29, 1.82) is 0 Å². The van der Waals surface area contributed by atoms with Crippen molar-refractivity contribution in [3.05, 3.63) is 60.4 Å². The van der Waals surface area contributed by atoms with Crippen LogP contribution < -0.4 is 9.80 Å². The summed E-state index contributed by atoms with van der Waals surface area (Å²) in [4.78, 5) is 38.2. The van der Waals surface area contributed by atoms with Gasteiger partial charge in [0.15, 0.2) is 0 Å². The fourth-order valence-electron chi connectivity index (χ4n) is 5.76. The van der Waals surface area contributed by atoms with E-state index in [0.717, 1.165) is 68.3 Å². The van der Waals surface area contributed by atoms with Crippen LogP contribution in [0.4, 0.5) is 17.5 Å². The summed E-state index contributed by atoms with van der Waals surface area (Å²) in [5.74, 6) is 1.61. The summed E-state index contributed by atoms with van der Waals surface area (Å²) in [6, 6.07) is 14.7. The lowest BCUT2D eigenvalue weighted by Crippen LogP contribution is -2.56. The standard InChI is InChI=1S/C33H46N8O3/c1-5-18-44-25-41-28-9-6-8-26(19-28)21-40-17-16-39(22-29(40)24-43-4)23-32(42)38(3)15-7-14-37(2)31-11-10-27(20-35-31)30-12-13-34-33(41)36-30/h6,8-13,19-20,29H,5,7,14-18,21-25H2,1-4H3. The summed E-state index contributed by atoms with van der Waals surface area (Å²) < 4.78 is 11.7. The maximum atomic E-state index is 13.1. The highest BCUT2D eigenvalue weighted by atomic mass is 16.5. The van der Waals surface area contributed by atoms with Gasteiger partial charge in [0, 0.05) is 96.8 Å². The van der Waals surface area contributed by atoms with Crippen molar-refractivity contribution in [3.63, 3.8) is 0 Å². The van der Waals surface area contributed by atoms with E-state index in [1.165, 1.54) is 5.56 Å². The molecular weight excluding hydrogens is 556 g/mol. The molecule has 44 heavy (non-hydrogen) atoms. The SMILES string of the molecule is CCCOCN1c2cccc(c2)CN2CCN(CC(=O)N(C)CCCN(C)c3ccc(cn3)-c3ccnc1n3)CC2COC. The Kier molecular flexibility index (Phi) is 11.1. The van der Waals surface area contributed by atoms with Gasteiger partial charge in [-0.05, 0) is 48.7 Å². The molecule has 1 aromatic carbocycles. The molecule has 8 bridgehead atoms. The number of piperazine rings is 1. The molecule has 1 amide bonds. The van der Waals surface area contributed by atoms with E-state index in [9.17, 15) is 4.79 Å². The first-order valence-electron chi connectivity index (χ1n) is 15.6. The van der Waals surface area contributed by atoms with Crippen molar-refractivity contribution < 1.29 is 14.3 Å². The van der Waals surface area contributed by atoms with Gasteiger partial charge in [0.1, 0.15) is 12.5 Å². The predicted octanol–water partition coefficient (Wildman–Crippen LogP) is 3.49. The molecule has 3 aromatic rings. The number of carbonyl (C=O) groups excluding carboxylic acids is 1. The summed E-state index contributed by atoms with van der Waals surface area (Å²) in [6.07, 6.45) is 5.43. The van der Waals surface area contributed by atoms with Gasteiger partial charge in [0.25, 0.3) is 0 Å². The van der Waals surface area contributed by atoms with E-state index in [0.29, 0.717) is 39.0 Å². The zero-order chi connectivity index (χ0) is 30.9. The van der Waals surface area contributed by atoms with Crippen molar-refractivity contribution in [1.82, 2.24) is 29.7 Å². The van der Waals surface area contributed by atoms with E-state index >= 15 is 0 Å². The maximum absolute atomic E-state index is 13.1. The van der Waals surface area contributed by atoms with Crippen LogP contribution >= 0.6 is 0 Å². The largest absolute Gasteiger partial charge is 0.383 e. The van der Waals surface area contributed by atoms with Crippen LogP contribution in [0.3, 0.4) is 0 Å². The first-order chi connectivity index (χ1) is 21.4. The Morgan fingerprint density at radius 1 is 0.977 bits per heavy atom. The number of aromatic nitrogens is 3. The van der Waals surface area contributed by atoms with Crippen molar-refractivity contribution in [3.8, 4) is 11.3 Å². The molecule has 0 radical (unpaired) electrons. The quantitative estimate of drug-likeness (QED) is 0.391. The van der Waals surface area contributed by atoms with Crippen molar-refractivity contribution in [2.75, 3.05) is 90.2 Å². The average molecular weight is 603 g/mol. The molecule has 0 saturated carbocycles. The molecule has 7 heterocycles. The fraction of sp³-hybridized carbons (Fsp3) is 0.515. The van der Waals surface area contributed by atoms with Crippen LogP contribution in [-0.4, -0.2) is 122 Å². The van der Waals surface area contributed by atoms with Crippen LogP contribution in [0.25, 0.3) is 11.3 Å². The molecular formula is C33H46N8O3. The van der Waals surface area contributed by atoms with Gasteiger partial charge in [-0.15, -0.1) is 0 Å². The Hall–Kier alpha value is -3.64. The molecule has 1 saturated heterocycles. The lowest BCUT2D eigenvalue weighted by molar-refractivity contribution is -0.132. The normalized spacial score (nSPS) is 21.6. The monoisotopic (exact) mass is 602 g/mol. The van der Waals surface area contributed by atoms with Crippen molar-refractivity contribution >= 4 is 23.4 Å². The summed E-state index contributed by atoms with van der Waals surface area (Å²) in [5, 5.41) is 0. The summed E-state index contributed by atoms with van der Waals surface area (Å²) in [5.41, 5.74) is 3.87. The lowest BCUT2D eigenvalue weighted by atomic mass is 10.1. The van der Waals surface area contributed by atoms with Crippen LogP contribution in [-0.2, 0) is 20.8 Å². The highest BCUT2D eigenvalue weighted by molar-refractivity contribution is 5.78. The number of hydrogen-bond acceptors (Lipinski definition) is 10. The first kappa shape index (κ1) is 31.8. The molecule has 236 valence electrons. The molecule has 5 aliphatic rings. The number of hydrogen-bond donors (Lipinski definition) is 0. The molecule has 0 N–H and O–H groups in total. The number of ether oxygens (including phenoxy) is 2. The topological polar surface area (TPSA) is 90.4 Å². The third-order valence-corrected chi connectivity index (χ3v) is 8.32. The molecule has 3 atom stereocenters. The van der Waals surface area contributed by atoms with E-state index in [4.69, 9.17) is 19.4 Å². The predicted molar refractivity (Wildman–Crippen MR) is 173 cm³/mol. The zero-order valence-corrected chi connectivity index (χ0v) is 26.6. The highest BCUT2D eigenvalue weighted by Gasteiger charge is 2.29. The number of methoxy groups -OCH3 is 1. The molecule has 5 aliphatic heterocycles. The van der Waals surface area contributed by atoms with Crippen molar-refractivity contribution in [2.24, 2.45) is 0 Å². The Bertz CT molecular complexity index is 1360. The van der Waals surface area contributed by atoms with Gasteiger partial charge in [-0.2, -0.15) is 0 Å². The number of likely N-dealkylation sites (N-methyl/N-ethyl adjacent to an activating group) is 1. The molecule has 11 heteroatoms. The minimum Gasteiger partial charge on any atom is -0.383 e.